The molecular weight excluding hydrogens is 286 g/mol. The van der Waals surface area contributed by atoms with E-state index in [4.69, 9.17) is 0 Å². The van der Waals surface area contributed by atoms with Gasteiger partial charge in [0.1, 0.15) is 17.5 Å². The summed E-state index contributed by atoms with van der Waals surface area (Å²) < 4.78 is 0. The quantitative estimate of drug-likeness (QED) is 0.939. The average Bonchev–Trinajstić information content (AvgIpc) is 2.53. The third kappa shape index (κ3) is 4.20. The fourth-order valence-electron chi connectivity index (χ4n) is 2.85. The third-order valence-corrected chi connectivity index (χ3v) is 4.21. The fraction of sp³-hybridized carbons (Fsp3) is 0.444. The van der Waals surface area contributed by atoms with E-state index in [9.17, 15) is 0 Å². The van der Waals surface area contributed by atoms with Crippen molar-refractivity contribution in [3.63, 3.8) is 0 Å². The number of aryl methyl sites for hydroxylation is 2. The maximum absolute atomic E-state index is 4.61. The number of aromatic nitrogens is 2. The number of rotatable bonds is 4. The number of piperazine rings is 1. The fourth-order valence-corrected chi connectivity index (χ4v) is 2.85. The number of anilines is 2. The lowest BCUT2D eigenvalue weighted by Gasteiger charge is -2.33. The van der Waals surface area contributed by atoms with Gasteiger partial charge in [0, 0.05) is 38.8 Å². The molecule has 1 aromatic carbocycles. The summed E-state index contributed by atoms with van der Waals surface area (Å²) in [4.78, 5) is 13.8. The van der Waals surface area contributed by atoms with Crippen molar-refractivity contribution in [1.82, 2.24) is 14.9 Å². The first-order valence-electron chi connectivity index (χ1n) is 8.19. The van der Waals surface area contributed by atoms with E-state index in [0.29, 0.717) is 0 Å². The van der Waals surface area contributed by atoms with Gasteiger partial charge in [-0.15, -0.1) is 0 Å². The summed E-state index contributed by atoms with van der Waals surface area (Å²) in [5.41, 5.74) is 2.55. The minimum atomic E-state index is 0.778. The minimum Gasteiger partial charge on any atom is -0.366 e. The first-order chi connectivity index (χ1) is 11.1. The molecule has 1 aromatic heterocycles. The van der Waals surface area contributed by atoms with Gasteiger partial charge in [-0.2, -0.15) is 0 Å². The van der Waals surface area contributed by atoms with Gasteiger partial charge in [0.15, 0.2) is 0 Å². The minimum absolute atomic E-state index is 0.778. The maximum Gasteiger partial charge on any atom is 0.134 e. The number of likely N-dealkylation sites (N-methyl/N-ethyl adjacent to an activating group) is 1. The Balaban J connectivity index is 1.70. The number of nitrogens with zero attached hydrogens (tertiary/aromatic N) is 4. The van der Waals surface area contributed by atoms with Crippen LogP contribution in [0.3, 0.4) is 0 Å². The van der Waals surface area contributed by atoms with E-state index < -0.39 is 0 Å². The molecule has 23 heavy (non-hydrogen) atoms. The summed E-state index contributed by atoms with van der Waals surface area (Å²) >= 11 is 0. The average molecular weight is 311 g/mol. The molecule has 1 aliphatic heterocycles. The smallest absolute Gasteiger partial charge is 0.134 e. The van der Waals surface area contributed by atoms with Crippen molar-refractivity contribution in [2.24, 2.45) is 0 Å². The molecule has 2 aromatic rings. The summed E-state index contributed by atoms with van der Waals surface area (Å²) in [7, 11) is 2.16. The van der Waals surface area contributed by atoms with Crippen LogP contribution >= 0.6 is 0 Å². The largest absolute Gasteiger partial charge is 0.366 e. The Hall–Kier alpha value is -2.14. The van der Waals surface area contributed by atoms with Crippen molar-refractivity contribution in [3.05, 3.63) is 47.3 Å². The number of nitrogens with one attached hydrogen (secondary N) is 1. The van der Waals surface area contributed by atoms with E-state index in [2.05, 4.69) is 69.4 Å². The van der Waals surface area contributed by atoms with Crippen LogP contribution in [0.15, 0.2) is 30.3 Å². The predicted molar refractivity (Wildman–Crippen MR) is 95.0 cm³/mol. The van der Waals surface area contributed by atoms with Crippen molar-refractivity contribution in [2.45, 2.75) is 20.4 Å². The second-order valence-corrected chi connectivity index (χ2v) is 6.29. The number of hydrogen-bond donors (Lipinski definition) is 1. The molecule has 0 atom stereocenters. The highest BCUT2D eigenvalue weighted by Gasteiger charge is 2.16. The van der Waals surface area contributed by atoms with Crippen LogP contribution in [0.4, 0.5) is 11.6 Å². The van der Waals surface area contributed by atoms with Crippen molar-refractivity contribution >= 4 is 11.6 Å². The van der Waals surface area contributed by atoms with E-state index in [1.807, 2.05) is 6.92 Å². The Kier molecular flexibility index (Phi) is 4.76. The van der Waals surface area contributed by atoms with Gasteiger partial charge in [0.05, 0.1) is 0 Å². The van der Waals surface area contributed by atoms with Crippen LogP contribution in [0.2, 0.25) is 0 Å². The second-order valence-electron chi connectivity index (χ2n) is 6.29. The van der Waals surface area contributed by atoms with Crippen molar-refractivity contribution in [1.29, 1.82) is 0 Å². The molecule has 1 saturated heterocycles. The summed E-state index contributed by atoms with van der Waals surface area (Å²) in [5, 5.41) is 3.43. The summed E-state index contributed by atoms with van der Waals surface area (Å²) in [5.74, 6) is 2.73. The highest BCUT2D eigenvalue weighted by atomic mass is 15.3. The molecule has 0 unspecified atom stereocenters. The summed E-state index contributed by atoms with van der Waals surface area (Å²) in [6.07, 6.45) is 0. The van der Waals surface area contributed by atoms with Crippen molar-refractivity contribution < 1.29 is 0 Å². The van der Waals surface area contributed by atoms with E-state index >= 15 is 0 Å². The zero-order valence-electron chi connectivity index (χ0n) is 14.2. The predicted octanol–water partition coefficient (Wildman–Crippen LogP) is 2.46. The van der Waals surface area contributed by atoms with Crippen LogP contribution in [-0.2, 0) is 6.54 Å². The van der Waals surface area contributed by atoms with Gasteiger partial charge in [-0.1, -0.05) is 29.8 Å². The van der Waals surface area contributed by atoms with Gasteiger partial charge >= 0.3 is 0 Å². The lowest BCUT2D eigenvalue weighted by atomic mass is 10.1. The zero-order chi connectivity index (χ0) is 16.2. The van der Waals surface area contributed by atoms with Gasteiger partial charge in [0.2, 0.25) is 0 Å². The van der Waals surface area contributed by atoms with Gasteiger partial charge < -0.3 is 15.1 Å². The van der Waals surface area contributed by atoms with Crippen molar-refractivity contribution in [3.8, 4) is 0 Å². The molecule has 122 valence electrons. The molecule has 0 amide bonds. The molecule has 0 saturated carbocycles. The monoisotopic (exact) mass is 311 g/mol. The first kappa shape index (κ1) is 15.7. The molecule has 0 radical (unpaired) electrons. The van der Waals surface area contributed by atoms with Gasteiger partial charge in [-0.3, -0.25) is 0 Å². The SMILES string of the molecule is Cc1cccc(CNc2cc(N3CCN(C)CC3)nc(C)n2)c1. The zero-order valence-corrected chi connectivity index (χ0v) is 14.2. The molecule has 1 fully saturated rings. The Morgan fingerprint density at radius 2 is 1.83 bits per heavy atom. The van der Waals surface area contributed by atoms with Crippen LogP contribution < -0.4 is 10.2 Å². The normalized spacial score (nSPS) is 15.7. The highest BCUT2D eigenvalue weighted by molar-refractivity contribution is 5.50. The standard InChI is InChI=1S/C18H25N5/c1-14-5-4-6-16(11-14)13-19-17-12-18(21-15(2)20-17)23-9-7-22(3)8-10-23/h4-6,11-12H,7-10,13H2,1-3H3,(H,19,20,21). The van der Waals surface area contributed by atoms with E-state index in [-0.39, 0.29) is 0 Å². The summed E-state index contributed by atoms with van der Waals surface area (Å²) in [6.45, 7) is 9.04. The van der Waals surface area contributed by atoms with Crippen molar-refractivity contribution in [2.75, 3.05) is 43.4 Å². The first-order valence-corrected chi connectivity index (χ1v) is 8.19. The molecule has 2 heterocycles. The molecule has 5 heteroatoms. The Labute approximate surface area is 138 Å². The lowest BCUT2D eigenvalue weighted by Crippen LogP contribution is -2.44. The lowest BCUT2D eigenvalue weighted by molar-refractivity contribution is 0.312. The van der Waals surface area contributed by atoms with Crippen LogP contribution in [0, 0.1) is 13.8 Å². The molecule has 0 spiro atoms. The van der Waals surface area contributed by atoms with Crippen LogP contribution in [0.5, 0.6) is 0 Å². The van der Waals surface area contributed by atoms with Gasteiger partial charge in [-0.25, -0.2) is 9.97 Å². The van der Waals surface area contributed by atoms with Crippen LogP contribution in [-0.4, -0.2) is 48.1 Å². The molecular formula is C18H25N5. The molecule has 3 rings (SSSR count). The molecule has 5 nitrogen and oxygen atoms in total. The Morgan fingerprint density at radius 3 is 2.57 bits per heavy atom. The molecule has 0 bridgehead atoms. The number of benzene rings is 1. The third-order valence-electron chi connectivity index (χ3n) is 4.21. The van der Waals surface area contributed by atoms with Gasteiger partial charge in [-0.05, 0) is 26.5 Å². The maximum atomic E-state index is 4.61. The highest BCUT2D eigenvalue weighted by Crippen LogP contribution is 2.18. The van der Waals surface area contributed by atoms with Gasteiger partial charge in [0.25, 0.3) is 0 Å². The van der Waals surface area contributed by atoms with E-state index in [0.717, 1.165) is 50.2 Å². The second kappa shape index (κ2) is 6.96. The molecule has 1 N–H and O–H groups in total. The van der Waals surface area contributed by atoms with Crippen LogP contribution in [0.1, 0.15) is 17.0 Å². The topological polar surface area (TPSA) is 44.3 Å². The van der Waals surface area contributed by atoms with E-state index in [1.54, 1.807) is 0 Å². The Morgan fingerprint density at radius 1 is 1.04 bits per heavy atom. The van der Waals surface area contributed by atoms with Crippen LogP contribution in [0.25, 0.3) is 0 Å². The summed E-state index contributed by atoms with van der Waals surface area (Å²) in [6, 6.07) is 10.6. The molecule has 1 aliphatic rings. The Bertz CT molecular complexity index is 662. The molecule has 0 aliphatic carbocycles. The number of hydrogen-bond acceptors (Lipinski definition) is 5. The van der Waals surface area contributed by atoms with E-state index in [1.165, 1.54) is 11.1 Å².